The van der Waals surface area contributed by atoms with Gasteiger partial charge >= 0.3 is 0 Å². The van der Waals surface area contributed by atoms with Gasteiger partial charge < -0.3 is 5.32 Å². The van der Waals surface area contributed by atoms with E-state index in [0.717, 1.165) is 25.1 Å². The first-order chi connectivity index (χ1) is 11.6. The molecule has 1 aliphatic rings. The van der Waals surface area contributed by atoms with Gasteiger partial charge in [0, 0.05) is 36.3 Å². The summed E-state index contributed by atoms with van der Waals surface area (Å²) in [7, 11) is 0. The summed E-state index contributed by atoms with van der Waals surface area (Å²) in [6.07, 6.45) is 7.29. The van der Waals surface area contributed by atoms with Crippen LogP contribution >= 0.6 is 0 Å². The first kappa shape index (κ1) is 15.2. The van der Waals surface area contributed by atoms with Gasteiger partial charge in [0.1, 0.15) is 5.82 Å². The SMILES string of the molecule is Cc1ccc2ccnc(NC3CCc4cn(C(C)C)nc4C3)c2c1. The third kappa shape index (κ3) is 2.77. The van der Waals surface area contributed by atoms with Crippen LogP contribution in [-0.4, -0.2) is 20.8 Å². The lowest BCUT2D eigenvalue weighted by Gasteiger charge is -2.23. The van der Waals surface area contributed by atoms with E-state index in [1.54, 1.807) is 0 Å². The molecule has 0 bridgehead atoms. The molecule has 1 atom stereocenters. The third-order valence-electron chi connectivity index (χ3n) is 4.89. The van der Waals surface area contributed by atoms with Gasteiger partial charge in [0.05, 0.1) is 5.69 Å². The zero-order valence-electron chi connectivity index (χ0n) is 14.6. The van der Waals surface area contributed by atoms with Crippen LogP contribution in [0.15, 0.2) is 36.7 Å². The fourth-order valence-corrected chi connectivity index (χ4v) is 3.49. The summed E-state index contributed by atoms with van der Waals surface area (Å²) in [5, 5.41) is 10.9. The summed E-state index contributed by atoms with van der Waals surface area (Å²) in [5.41, 5.74) is 3.91. The maximum absolute atomic E-state index is 4.77. The Labute approximate surface area is 142 Å². The Bertz CT molecular complexity index is 878. The van der Waals surface area contributed by atoms with E-state index in [4.69, 9.17) is 5.10 Å². The van der Waals surface area contributed by atoms with Crippen molar-refractivity contribution in [2.75, 3.05) is 5.32 Å². The molecule has 0 saturated carbocycles. The molecule has 124 valence electrons. The van der Waals surface area contributed by atoms with Crippen molar-refractivity contribution in [3.05, 3.63) is 53.5 Å². The van der Waals surface area contributed by atoms with Crippen molar-refractivity contribution in [1.29, 1.82) is 0 Å². The average molecular weight is 320 g/mol. The fourth-order valence-electron chi connectivity index (χ4n) is 3.49. The molecule has 1 N–H and O–H groups in total. The van der Waals surface area contributed by atoms with Crippen LogP contribution in [0, 0.1) is 6.92 Å². The number of benzene rings is 1. The number of aryl methyl sites for hydroxylation is 2. The maximum Gasteiger partial charge on any atom is 0.134 e. The Morgan fingerprint density at radius 2 is 2.12 bits per heavy atom. The molecular formula is C20H24N4. The molecule has 0 radical (unpaired) electrons. The smallest absolute Gasteiger partial charge is 0.134 e. The van der Waals surface area contributed by atoms with Crippen molar-refractivity contribution in [2.24, 2.45) is 0 Å². The Balaban J connectivity index is 1.59. The number of pyridine rings is 1. The molecular weight excluding hydrogens is 296 g/mol. The zero-order valence-corrected chi connectivity index (χ0v) is 14.6. The number of nitrogens with zero attached hydrogens (tertiary/aromatic N) is 3. The molecule has 1 aliphatic carbocycles. The molecule has 0 aliphatic heterocycles. The largest absolute Gasteiger partial charge is 0.366 e. The molecule has 4 heteroatoms. The van der Waals surface area contributed by atoms with Crippen molar-refractivity contribution < 1.29 is 0 Å². The second-order valence-electron chi connectivity index (χ2n) is 7.14. The number of hydrogen-bond donors (Lipinski definition) is 1. The lowest BCUT2D eigenvalue weighted by atomic mass is 9.93. The van der Waals surface area contributed by atoms with Crippen LogP contribution < -0.4 is 5.32 Å². The van der Waals surface area contributed by atoms with Crippen LogP contribution in [-0.2, 0) is 12.8 Å². The number of rotatable bonds is 3. The van der Waals surface area contributed by atoms with Crippen molar-refractivity contribution in [3.8, 4) is 0 Å². The summed E-state index contributed by atoms with van der Waals surface area (Å²) in [6, 6.07) is 9.42. The van der Waals surface area contributed by atoms with Gasteiger partial charge in [0.2, 0.25) is 0 Å². The molecule has 0 saturated heterocycles. The molecule has 4 nitrogen and oxygen atoms in total. The molecule has 4 rings (SSSR count). The van der Waals surface area contributed by atoms with E-state index in [2.05, 4.69) is 66.2 Å². The minimum absolute atomic E-state index is 0.395. The molecule has 24 heavy (non-hydrogen) atoms. The van der Waals surface area contributed by atoms with Crippen LogP contribution in [0.1, 0.15) is 43.1 Å². The summed E-state index contributed by atoms with van der Waals surface area (Å²) >= 11 is 0. The van der Waals surface area contributed by atoms with E-state index in [9.17, 15) is 0 Å². The lowest BCUT2D eigenvalue weighted by molar-refractivity contribution is 0.522. The normalized spacial score (nSPS) is 17.2. The van der Waals surface area contributed by atoms with Gasteiger partial charge in [-0.05, 0) is 56.7 Å². The van der Waals surface area contributed by atoms with Gasteiger partial charge in [-0.2, -0.15) is 5.10 Å². The molecule has 1 aromatic carbocycles. The Hall–Kier alpha value is -2.36. The lowest BCUT2D eigenvalue weighted by Crippen LogP contribution is -2.27. The average Bonchev–Trinajstić information content (AvgIpc) is 2.99. The van der Waals surface area contributed by atoms with Crippen molar-refractivity contribution in [2.45, 2.75) is 52.1 Å². The predicted molar refractivity (Wildman–Crippen MR) is 98.5 cm³/mol. The Morgan fingerprint density at radius 3 is 2.96 bits per heavy atom. The van der Waals surface area contributed by atoms with Crippen LogP contribution in [0.3, 0.4) is 0 Å². The van der Waals surface area contributed by atoms with Crippen LogP contribution in [0.25, 0.3) is 10.8 Å². The topological polar surface area (TPSA) is 42.7 Å². The number of hydrogen-bond acceptors (Lipinski definition) is 3. The van der Waals surface area contributed by atoms with Crippen molar-refractivity contribution >= 4 is 16.6 Å². The van der Waals surface area contributed by atoms with Gasteiger partial charge in [0.15, 0.2) is 0 Å². The molecule has 2 heterocycles. The van der Waals surface area contributed by atoms with Crippen LogP contribution in [0.2, 0.25) is 0 Å². The quantitative estimate of drug-likeness (QED) is 0.783. The van der Waals surface area contributed by atoms with E-state index in [1.165, 1.54) is 27.6 Å². The maximum atomic E-state index is 4.77. The van der Waals surface area contributed by atoms with Gasteiger partial charge in [-0.15, -0.1) is 0 Å². The summed E-state index contributed by atoms with van der Waals surface area (Å²) in [4.78, 5) is 4.59. The molecule has 0 fully saturated rings. The van der Waals surface area contributed by atoms with E-state index in [1.807, 2.05) is 6.20 Å². The van der Waals surface area contributed by atoms with E-state index >= 15 is 0 Å². The van der Waals surface area contributed by atoms with Crippen LogP contribution in [0.5, 0.6) is 0 Å². The Morgan fingerprint density at radius 1 is 1.25 bits per heavy atom. The van der Waals surface area contributed by atoms with E-state index in [0.29, 0.717) is 12.1 Å². The monoisotopic (exact) mass is 320 g/mol. The highest BCUT2D eigenvalue weighted by Gasteiger charge is 2.23. The molecule has 0 amide bonds. The number of fused-ring (bicyclic) bond motifs is 2. The third-order valence-corrected chi connectivity index (χ3v) is 4.89. The van der Waals surface area contributed by atoms with Gasteiger partial charge in [-0.3, -0.25) is 4.68 Å². The number of anilines is 1. The van der Waals surface area contributed by atoms with Crippen molar-refractivity contribution in [1.82, 2.24) is 14.8 Å². The van der Waals surface area contributed by atoms with Gasteiger partial charge in [-0.25, -0.2) is 4.98 Å². The summed E-state index contributed by atoms with van der Waals surface area (Å²) < 4.78 is 2.09. The molecule has 2 aromatic heterocycles. The minimum Gasteiger partial charge on any atom is -0.366 e. The second kappa shape index (κ2) is 5.93. The highest BCUT2D eigenvalue weighted by atomic mass is 15.3. The molecule has 1 unspecified atom stereocenters. The summed E-state index contributed by atoms with van der Waals surface area (Å²) in [5.74, 6) is 0.993. The number of nitrogens with one attached hydrogen (secondary N) is 1. The first-order valence-electron chi connectivity index (χ1n) is 8.79. The van der Waals surface area contributed by atoms with Gasteiger partial charge in [0.25, 0.3) is 0 Å². The van der Waals surface area contributed by atoms with E-state index in [-0.39, 0.29) is 0 Å². The van der Waals surface area contributed by atoms with E-state index < -0.39 is 0 Å². The number of aromatic nitrogens is 3. The summed E-state index contributed by atoms with van der Waals surface area (Å²) in [6.45, 7) is 6.48. The minimum atomic E-state index is 0.395. The second-order valence-corrected chi connectivity index (χ2v) is 7.14. The first-order valence-corrected chi connectivity index (χ1v) is 8.79. The standard InChI is InChI=1S/C20H24N4/c1-13(2)24-12-16-6-7-17(11-19(16)23-24)22-20-18-10-14(3)4-5-15(18)8-9-21-20/h4-5,8-10,12-13,17H,6-7,11H2,1-3H3,(H,21,22). The zero-order chi connectivity index (χ0) is 16.7. The van der Waals surface area contributed by atoms with Gasteiger partial charge in [-0.1, -0.05) is 17.7 Å². The van der Waals surface area contributed by atoms with Crippen LogP contribution in [0.4, 0.5) is 5.82 Å². The highest BCUT2D eigenvalue weighted by molar-refractivity contribution is 5.92. The molecule has 0 spiro atoms. The van der Waals surface area contributed by atoms with Crippen molar-refractivity contribution in [3.63, 3.8) is 0 Å². The Kier molecular flexibility index (Phi) is 3.75. The molecule has 3 aromatic rings. The predicted octanol–water partition coefficient (Wildman–Crippen LogP) is 4.29. The highest BCUT2D eigenvalue weighted by Crippen LogP contribution is 2.27. The fraction of sp³-hybridized carbons (Fsp3) is 0.400.